The molecule has 1 aromatic carbocycles. The number of nitrogens with zero attached hydrogens (tertiary/aromatic N) is 1. The summed E-state index contributed by atoms with van der Waals surface area (Å²) in [6.45, 7) is 1.76. The quantitative estimate of drug-likeness (QED) is 0.822. The molecule has 22 heavy (non-hydrogen) atoms. The van der Waals surface area contributed by atoms with Crippen LogP contribution in [-0.4, -0.2) is 46.1 Å². The number of carbonyl (C=O) groups excluding carboxylic acids is 1. The summed E-state index contributed by atoms with van der Waals surface area (Å²) >= 11 is 0. The number of ether oxygens (including phenoxy) is 2. The summed E-state index contributed by atoms with van der Waals surface area (Å²) in [6, 6.07) is 4.81. The SMILES string of the molecule is CCC(=O)N(c1ccc(OC)cc1OC)C1CCS(=O)(=O)C1. The van der Waals surface area contributed by atoms with E-state index in [1.54, 1.807) is 37.1 Å². The third kappa shape index (κ3) is 3.35. The molecule has 6 nitrogen and oxygen atoms in total. The lowest BCUT2D eigenvalue weighted by Gasteiger charge is -2.29. The Morgan fingerprint density at radius 3 is 2.55 bits per heavy atom. The van der Waals surface area contributed by atoms with Crippen molar-refractivity contribution in [1.29, 1.82) is 0 Å². The largest absolute Gasteiger partial charge is 0.497 e. The normalized spacial score (nSPS) is 19.7. The van der Waals surface area contributed by atoms with Gasteiger partial charge in [-0.2, -0.15) is 0 Å². The lowest BCUT2D eigenvalue weighted by molar-refractivity contribution is -0.118. The van der Waals surface area contributed by atoms with Gasteiger partial charge >= 0.3 is 0 Å². The molecular formula is C15H21NO5S. The lowest BCUT2D eigenvalue weighted by Crippen LogP contribution is -2.41. The molecule has 1 saturated heterocycles. The van der Waals surface area contributed by atoms with Crippen molar-refractivity contribution in [1.82, 2.24) is 0 Å². The molecular weight excluding hydrogens is 306 g/mol. The maximum absolute atomic E-state index is 12.4. The van der Waals surface area contributed by atoms with Gasteiger partial charge < -0.3 is 14.4 Å². The Bertz CT molecular complexity index is 656. The number of hydrogen-bond donors (Lipinski definition) is 0. The van der Waals surface area contributed by atoms with Crippen LogP contribution in [0.4, 0.5) is 5.69 Å². The molecule has 0 radical (unpaired) electrons. The van der Waals surface area contributed by atoms with Crippen LogP contribution in [0.1, 0.15) is 19.8 Å². The summed E-state index contributed by atoms with van der Waals surface area (Å²) < 4.78 is 34.0. The van der Waals surface area contributed by atoms with Crippen molar-refractivity contribution in [3.8, 4) is 11.5 Å². The van der Waals surface area contributed by atoms with Crippen LogP contribution in [0.15, 0.2) is 18.2 Å². The number of benzene rings is 1. The van der Waals surface area contributed by atoms with E-state index in [0.29, 0.717) is 30.0 Å². The Morgan fingerprint density at radius 2 is 2.05 bits per heavy atom. The van der Waals surface area contributed by atoms with Crippen LogP contribution in [0.2, 0.25) is 0 Å². The molecule has 0 saturated carbocycles. The fourth-order valence-corrected chi connectivity index (χ4v) is 4.37. The first-order valence-corrected chi connectivity index (χ1v) is 8.98. The summed E-state index contributed by atoms with van der Waals surface area (Å²) in [6.07, 6.45) is 0.745. The third-order valence-electron chi connectivity index (χ3n) is 3.79. The topological polar surface area (TPSA) is 72.9 Å². The van der Waals surface area contributed by atoms with Crippen LogP contribution in [-0.2, 0) is 14.6 Å². The van der Waals surface area contributed by atoms with Gasteiger partial charge in [0.15, 0.2) is 9.84 Å². The van der Waals surface area contributed by atoms with E-state index in [0.717, 1.165) is 0 Å². The van der Waals surface area contributed by atoms with E-state index >= 15 is 0 Å². The minimum Gasteiger partial charge on any atom is -0.497 e. The average molecular weight is 327 g/mol. The van der Waals surface area contributed by atoms with Crippen molar-refractivity contribution in [2.45, 2.75) is 25.8 Å². The van der Waals surface area contributed by atoms with Gasteiger partial charge in [-0.15, -0.1) is 0 Å². The number of sulfone groups is 1. The number of rotatable bonds is 5. The standard InChI is InChI=1S/C15H21NO5S/c1-4-15(17)16(11-7-8-22(18,19)10-11)13-6-5-12(20-2)9-14(13)21-3/h5-6,9,11H,4,7-8,10H2,1-3H3. The van der Waals surface area contributed by atoms with Crippen molar-refractivity contribution in [3.63, 3.8) is 0 Å². The van der Waals surface area contributed by atoms with Crippen LogP contribution in [0.3, 0.4) is 0 Å². The fourth-order valence-electron chi connectivity index (χ4n) is 2.67. The zero-order chi connectivity index (χ0) is 16.3. The maximum Gasteiger partial charge on any atom is 0.227 e. The number of methoxy groups -OCH3 is 2. The van der Waals surface area contributed by atoms with Crippen molar-refractivity contribution in [2.75, 3.05) is 30.6 Å². The van der Waals surface area contributed by atoms with Crippen LogP contribution in [0.25, 0.3) is 0 Å². The molecule has 122 valence electrons. The lowest BCUT2D eigenvalue weighted by atomic mass is 10.1. The highest BCUT2D eigenvalue weighted by Gasteiger charge is 2.36. The van der Waals surface area contributed by atoms with E-state index in [1.807, 2.05) is 0 Å². The van der Waals surface area contributed by atoms with Crippen molar-refractivity contribution >= 4 is 21.4 Å². The maximum atomic E-state index is 12.4. The second-order valence-electron chi connectivity index (χ2n) is 5.21. The first-order chi connectivity index (χ1) is 10.4. The third-order valence-corrected chi connectivity index (χ3v) is 5.54. The number of anilines is 1. The van der Waals surface area contributed by atoms with E-state index in [2.05, 4.69) is 0 Å². The van der Waals surface area contributed by atoms with E-state index < -0.39 is 9.84 Å². The van der Waals surface area contributed by atoms with Gasteiger partial charge in [-0.3, -0.25) is 4.79 Å². The molecule has 1 aromatic rings. The monoisotopic (exact) mass is 327 g/mol. The van der Waals surface area contributed by atoms with Gasteiger partial charge in [-0.1, -0.05) is 6.92 Å². The molecule has 7 heteroatoms. The summed E-state index contributed by atoms with van der Waals surface area (Å²) in [5.41, 5.74) is 0.581. The Labute approximate surface area is 130 Å². The van der Waals surface area contributed by atoms with E-state index in [1.165, 1.54) is 7.11 Å². The van der Waals surface area contributed by atoms with Gasteiger partial charge in [0.05, 0.1) is 37.5 Å². The summed E-state index contributed by atoms with van der Waals surface area (Å²) in [5, 5.41) is 0. The number of hydrogen-bond acceptors (Lipinski definition) is 5. The van der Waals surface area contributed by atoms with Gasteiger partial charge in [-0.05, 0) is 18.6 Å². The van der Waals surface area contributed by atoms with Crippen molar-refractivity contribution in [2.24, 2.45) is 0 Å². The minimum absolute atomic E-state index is 0.00603. The van der Waals surface area contributed by atoms with Crippen LogP contribution < -0.4 is 14.4 Å². The molecule has 1 atom stereocenters. The smallest absolute Gasteiger partial charge is 0.227 e. The van der Waals surface area contributed by atoms with Crippen molar-refractivity contribution in [3.05, 3.63) is 18.2 Å². The zero-order valence-electron chi connectivity index (χ0n) is 13.0. The molecule has 1 fully saturated rings. The number of amides is 1. The molecule has 1 heterocycles. The van der Waals surface area contributed by atoms with Gasteiger partial charge in [0.2, 0.25) is 5.91 Å². The first-order valence-electron chi connectivity index (χ1n) is 7.16. The predicted molar refractivity (Wildman–Crippen MR) is 84.4 cm³/mol. The molecule has 0 bridgehead atoms. The number of carbonyl (C=O) groups is 1. The molecule has 2 rings (SSSR count). The van der Waals surface area contributed by atoms with Gasteiger partial charge in [-0.25, -0.2) is 8.42 Å². The predicted octanol–water partition coefficient (Wildman–Crippen LogP) is 1.63. The second-order valence-corrected chi connectivity index (χ2v) is 7.44. The molecule has 1 aliphatic heterocycles. The molecule has 0 aromatic heterocycles. The Balaban J connectivity index is 2.44. The van der Waals surface area contributed by atoms with E-state index in [-0.39, 0.29) is 23.5 Å². The van der Waals surface area contributed by atoms with Crippen LogP contribution in [0, 0.1) is 0 Å². The van der Waals surface area contributed by atoms with E-state index in [9.17, 15) is 13.2 Å². The van der Waals surface area contributed by atoms with Gasteiger partial charge in [0.1, 0.15) is 11.5 Å². The molecule has 1 amide bonds. The molecule has 1 unspecified atom stereocenters. The fraction of sp³-hybridized carbons (Fsp3) is 0.533. The van der Waals surface area contributed by atoms with E-state index in [4.69, 9.17) is 9.47 Å². The minimum atomic E-state index is -3.08. The van der Waals surface area contributed by atoms with Gasteiger partial charge in [0.25, 0.3) is 0 Å². The Morgan fingerprint density at radius 1 is 1.32 bits per heavy atom. The van der Waals surface area contributed by atoms with Crippen LogP contribution >= 0.6 is 0 Å². The highest BCUT2D eigenvalue weighted by Crippen LogP contribution is 2.35. The van der Waals surface area contributed by atoms with Crippen LogP contribution in [0.5, 0.6) is 11.5 Å². The highest BCUT2D eigenvalue weighted by molar-refractivity contribution is 7.91. The molecule has 0 aliphatic carbocycles. The molecule has 1 aliphatic rings. The Kier molecular flexibility index (Phi) is 4.95. The second kappa shape index (κ2) is 6.56. The molecule has 0 spiro atoms. The van der Waals surface area contributed by atoms with Crippen molar-refractivity contribution < 1.29 is 22.7 Å². The highest BCUT2D eigenvalue weighted by atomic mass is 32.2. The summed E-state index contributed by atoms with van der Waals surface area (Å²) in [4.78, 5) is 13.9. The average Bonchev–Trinajstić information content (AvgIpc) is 2.87. The Hall–Kier alpha value is -1.76. The first kappa shape index (κ1) is 16.6. The summed E-state index contributed by atoms with van der Waals surface area (Å²) in [5.74, 6) is 1.09. The van der Waals surface area contributed by atoms with Gasteiger partial charge in [0, 0.05) is 12.5 Å². The zero-order valence-corrected chi connectivity index (χ0v) is 13.9. The molecule has 0 N–H and O–H groups in total. The summed E-state index contributed by atoms with van der Waals surface area (Å²) in [7, 11) is -0.0213.